The van der Waals surface area contributed by atoms with Gasteiger partial charge in [-0.25, -0.2) is 0 Å². The largest absolute Gasteiger partial charge is 0.314 e. The predicted octanol–water partition coefficient (Wildman–Crippen LogP) is 3.28. The molecule has 0 aliphatic carbocycles. The van der Waals surface area contributed by atoms with Crippen molar-refractivity contribution in [2.45, 2.75) is 19.4 Å². The van der Waals surface area contributed by atoms with Crippen LogP contribution in [0.15, 0.2) is 53.5 Å². The lowest BCUT2D eigenvalue weighted by atomic mass is 9.95. The highest BCUT2D eigenvalue weighted by atomic mass is 15.2. The highest BCUT2D eigenvalue weighted by Gasteiger charge is 2.26. The van der Waals surface area contributed by atoms with Crippen LogP contribution in [0.3, 0.4) is 0 Å². The zero-order chi connectivity index (χ0) is 15.6. The van der Waals surface area contributed by atoms with Gasteiger partial charge in [-0.3, -0.25) is 9.89 Å². The Morgan fingerprint density at radius 3 is 2.57 bits per heavy atom. The van der Waals surface area contributed by atoms with Crippen molar-refractivity contribution in [2.24, 2.45) is 4.99 Å². The monoisotopic (exact) mass is 305 g/mol. The maximum atomic E-state index is 4.97. The van der Waals surface area contributed by atoms with Gasteiger partial charge in [-0.1, -0.05) is 42.5 Å². The van der Waals surface area contributed by atoms with Gasteiger partial charge in [0.05, 0.1) is 5.69 Å². The van der Waals surface area contributed by atoms with Crippen LogP contribution in [0.2, 0.25) is 0 Å². The molecule has 2 aliphatic heterocycles. The van der Waals surface area contributed by atoms with E-state index in [1.165, 1.54) is 22.4 Å². The van der Waals surface area contributed by atoms with Gasteiger partial charge in [0.15, 0.2) is 0 Å². The van der Waals surface area contributed by atoms with Crippen LogP contribution in [0.5, 0.6) is 0 Å². The van der Waals surface area contributed by atoms with Crippen molar-refractivity contribution in [3.8, 4) is 11.1 Å². The lowest BCUT2D eigenvalue weighted by molar-refractivity contribution is 0.222. The van der Waals surface area contributed by atoms with E-state index >= 15 is 0 Å². The standard InChI is InChI=1S/C20H23N3/c1-15(23-12-10-21-11-13-23)20-14-18-17(8-5-9-19(18)22-20)16-6-3-2-4-7-16/h2-9,15,21H,10-14H2,1H3. The fourth-order valence-electron chi connectivity index (χ4n) is 3.65. The lowest BCUT2D eigenvalue weighted by Crippen LogP contribution is -2.50. The Balaban J connectivity index is 1.61. The summed E-state index contributed by atoms with van der Waals surface area (Å²) in [5, 5.41) is 3.43. The van der Waals surface area contributed by atoms with Crippen molar-refractivity contribution in [1.29, 1.82) is 0 Å². The highest BCUT2D eigenvalue weighted by Crippen LogP contribution is 2.36. The van der Waals surface area contributed by atoms with Crippen molar-refractivity contribution >= 4 is 11.4 Å². The number of rotatable bonds is 3. The molecule has 1 saturated heterocycles. The normalized spacial score (nSPS) is 19.3. The van der Waals surface area contributed by atoms with E-state index in [1.807, 2.05) is 0 Å². The second kappa shape index (κ2) is 6.26. The molecule has 2 aliphatic rings. The number of fused-ring (bicyclic) bond motifs is 1. The molecule has 118 valence electrons. The van der Waals surface area contributed by atoms with E-state index in [9.17, 15) is 0 Å². The molecular weight excluding hydrogens is 282 g/mol. The first-order valence-electron chi connectivity index (χ1n) is 8.52. The summed E-state index contributed by atoms with van der Waals surface area (Å²) in [5.74, 6) is 0. The Hall–Kier alpha value is -1.97. The molecule has 3 heteroatoms. The van der Waals surface area contributed by atoms with E-state index in [0.29, 0.717) is 6.04 Å². The fourth-order valence-corrected chi connectivity index (χ4v) is 3.65. The third kappa shape index (κ3) is 2.82. The fraction of sp³-hybridized carbons (Fsp3) is 0.350. The van der Waals surface area contributed by atoms with Crippen LogP contribution >= 0.6 is 0 Å². The van der Waals surface area contributed by atoms with Gasteiger partial charge in [0.1, 0.15) is 0 Å². The van der Waals surface area contributed by atoms with E-state index in [1.54, 1.807) is 0 Å². The minimum absolute atomic E-state index is 0.424. The molecule has 0 spiro atoms. The molecule has 2 aromatic rings. The van der Waals surface area contributed by atoms with Crippen molar-refractivity contribution in [2.75, 3.05) is 26.2 Å². The highest BCUT2D eigenvalue weighted by molar-refractivity contribution is 5.99. The van der Waals surface area contributed by atoms with Crippen LogP contribution in [0.1, 0.15) is 12.5 Å². The quantitative estimate of drug-likeness (QED) is 0.942. The van der Waals surface area contributed by atoms with E-state index in [0.717, 1.165) is 38.3 Å². The van der Waals surface area contributed by atoms with Gasteiger partial charge in [-0.2, -0.15) is 0 Å². The SMILES string of the molecule is CC(C1=Nc2cccc(-c3ccccc3)c2C1)N1CCNCC1. The summed E-state index contributed by atoms with van der Waals surface area (Å²) in [6, 6.07) is 17.6. The van der Waals surface area contributed by atoms with Crippen molar-refractivity contribution in [3.63, 3.8) is 0 Å². The molecule has 1 atom stereocenters. The van der Waals surface area contributed by atoms with Gasteiger partial charge in [-0.15, -0.1) is 0 Å². The minimum Gasteiger partial charge on any atom is -0.314 e. The number of hydrogen-bond donors (Lipinski definition) is 1. The summed E-state index contributed by atoms with van der Waals surface area (Å²) in [6.07, 6.45) is 0.978. The third-order valence-corrected chi connectivity index (χ3v) is 5.04. The second-order valence-electron chi connectivity index (χ2n) is 6.41. The average molecular weight is 305 g/mol. The van der Waals surface area contributed by atoms with E-state index in [4.69, 9.17) is 4.99 Å². The molecule has 0 amide bonds. The Kier molecular flexibility index (Phi) is 3.98. The molecule has 2 heterocycles. The van der Waals surface area contributed by atoms with Gasteiger partial charge in [0, 0.05) is 44.4 Å². The maximum Gasteiger partial charge on any atom is 0.0671 e. The summed E-state index contributed by atoms with van der Waals surface area (Å²) >= 11 is 0. The molecule has 2 aromatic carbocycles. The number of nitrogens with zero attached hydrogens (tertiary/aromatic N) is 2. The summed E-state index contributed by atoms with van der Waals surface area (Å²) in [5.41, 5.74) is 6.47. The third-order valence-electron chi connectivity index (χ3n) is 5.04. The van der Waals surface area contributed by atoms with Gasteiger partial charge < -0.3 is 5.32 Å². The van der Waals surface area contributed by atoms with Crippen molar-refractivity contribution < 1.29 is 0 Å². The summed E-state index contributed by atoms with van der Waals surface area (Å²) in [4.78, 5) is 7.51. The van der Waals surface area contributed by atoms with Crippen molar-refractivity contribution in [3.05, 3.63) is 54.1 Å². The molecule has 0 bridgehead atoms. The summed E-state index contributed by atoms with van der Waals surface area (Å²) in [7, 11) is 0. The number of aliphatic imine (C=N–C) groups is 1. The minimum atomic E-state index is 0.424. The van der Waals surface area contributed by atoms with Crippen LogP contribution < -0.4 is 5.32 Å². The first-order valence-corrected chi connectivity index (χ1v) is 8.52. The average Bonchev–Trinajstić information content (AvgIpc) is 3.06. The number of benzene rings is 2. The Labute approximate surface area is 138 Å². The topological polar surface area (TPSA) is 27.6 Å². The molecule has 3 nitrogen and oxygen atoms in total. The zero-order valence-electron chi connectivity index (χ0n) is 13.6. The van der Waals surface area contributed by atoms with E-state index in [2.05, 4.69) is 65.7 Å². The molecule has 0 radical (unpaired) electrons. The Morgan fingerprint density at radius 2 is 1.78 bits per heavy atom. The van der Waals surface area contributed by atoms with Crippen molar-refractivity contribution in [1.82, 2.24) is 10.2 Å². The molecular formula is C20H23N3. The molecule has 1 N–H and O–H groups in total. The molecule has 0 aromatic heterocycles. The molecule has 0 saturated carbocycles. The zero-order valence-corrected chi connectivity index (χ0v) is 13.6. The smallest absolute Gasteiger partial charge is 0.0671 e. The first-order chi connectivity index (χ1) is 11.3. The molecule has 23 heavy (non-hydrogen) atoms. The maximum absolute atomic E-state index is 4.97. The number of hydrogen-bond acceptors (Lipinski definition) is 3. The van der Waals surface area contributed by atoms with Crippen LogP contribution in [-0.2, 0) is 6.42 Å². The van der Waals surface area contributed by atoms with Gasteiger partial charge in [0.2, 0.25) is 0 Å². The lowest BCUT2D eigenvalue weighted by Gasteiger charge is -2.32. The summed E-state index contributed by atoms with van der Waals surface area (Å²) < 4.78 is 0. The van der Waals surface area contributed by atoms with E-state index < -0.39 is 0 Å². The Morgan fingerprint density at radius 1 is 1.00 bits per heavy atom. The first kappa shape index (κ1) is 14.6. The second-order valence-corrected chi connectivity index (χ2v) is 6.41. The molecule has 1 unspecified atom stereocenters. The van der Waals surface area contributed by atoms with Crippen LogP contribution in [-0.4, -0.2) is 42.8 Å². The van der Waals surface area contributed by atoms with Crippen LogP contribution in [0.25, 0.3) is 11.1 Å². The van der Waals surface area contributed by atoms with Gasteiger partial charge in [-0.05, 0) is 29.7 Å². The molecule has 1 fully saturated rings. The van der Waals surface area contributed by atoms with Gasteiger partial charge in [0.25, 0.3) is 0 Å². The van der Waals surface area contributed by atoms with Gasteiger partial charge >= 0.3 is 0 Å². The summed E-state index contributed by atoms with van der Waals surface area (Å²) in [6.45, 7) is 6.70. The number of piperazine rings is 1. The van der Waals surface area contributed by atoms with Crippen LogP contribution in [0, 0.1) is 0 Å². The number of nitrogens with one attached hydrogen (secondary N) is 1. The predicted molar refractivity (Wildman–Crippen MR) is 96.6 cm³/mol. The molecule has 4 rings (SSSR count). The van der Waals surface area contributed by atoms with E-state index in [-0.39, 0.29) is 0 Å². The Bertz CT molecular complexity index is 715. The van der Waals surface area contributed by atoms with Crippen LogP contribution in [0.4, 0.5) is 5.69 Å².